The Bertz CT molecular complexity index is 628. The van der Waals surface area contributed by atoms with Crippen molar-refractivity contribution in [1.29, 1.82) is 0 Å². The molecule has 20 heavy (non-hydrogen) atoms. The fourth-order valence-corrected chi connectivity index (χ4v) is 3.53. The summed E-state index contributed by atoms with van der Waals surface area (Å²) < 4.78 is 0. The SMILES string of the molecule is CCc1cc2c(NC(C)(C)C3CC3)nc(NC)nc2s1. The standard InChI is InChI=1S/C15H22N4S/c1-5-10-8-11-12(19-15(2,3)9-6-7-9)17-14(16-4)18-13(11)20-10/h8-9H,5-7H2,1-4H3,(H2,16,17,18,19). The van der Waals surface area contributed by atoms with Crippen LogP contribution in [0.2, 0.25) is 0 Å². The highest BCUT2D eigenvalue weighted by Crippen LogP contribution is 2.42. The molecule has 0 spiro atoms. The van der Waals surface area contributed by atoms with Crippen molar-refractivity contribution < 1.29 is 0 Å². The summed E-state index contributed by atoms with van der Waals surface area (Å²) in [6.45, 7) is 6.72. The average Bonchev–Trinajstić information content (AvgIpc) is 3.19. The van der Waals surface area contributed by atoms with Crippen LogP contribution in [0.25, 0.3) is 10.2 Å². The number of nitrogens with zero attached hydrogens (tertiary/aromatic N) is 2. The van der Waals surface area contributed by atoms with E-state index >= 15 is 0 Å². The molecule has 5 heteroatoms. The van der Waals surface area contributed by atoms with Crippen LogP contribution in [0, 0.1) is 5.92 Å². The molecular formula is C15H22N4S. The van der Waals surface area contributed by atoms with Crippen molar-refractivity contribution in [2.45, 2.75) is 45.6 Å². The molecule has 2 heterocycles. The number of nitrogens with one attached hydrogen (secondary N) is 2. The molecule has 0 radical (unpaired) electrons. The molecule has 108 valence electrons. The van der Waals surface area contributed by atoms with Crippen LogP contribution in [0.4, 0.5) is 11.8 Å². The molecule has 2 aromatic rings. The molecule has 0 saturated heterocycles. The van der Waals surface area contributed by atoms with Crippen molar-refractivity contribution in [2.75, 3.05) is 17.7 Å². The van der Waals surface area contributed by atoms with Gasteiger partial charge in [0.2, 0.25) is 5.95 Å². The summed E-state index contributed by atoms with van der Waals surface area (Å²) in [5.74, 6) is 2.41. The van der Waals surface area contributed by atoms with Gasteiger partial charge < -0.3 is 10.6 Å². The van der Waals surface area contributed by atoms with Crippen LogP contribution in [-0.2, 0) is 6.42 Å². The predicted molar refractivity (Wildman–Crippen MR) is 86.8 cm³/mol. The zero-order valence-electron chi connectivity index (χ0n) is 12.6. The molecule has 1 saturated carbocycles. The minimum Gasteiger partial charge on any atom is -0.364 e. The van der Waals surface area contributed by atoms with E-state index < -0.39 is 0 Å². The summed E-state index contributed by atoms with van der Waals surface area (Å²) in [7, 11) is 1.87. The smallest absolute Gasteiger partial charge is 0.225 e. The minimum absolute atomic E-state index is 0.0978. The second kappa shape index (κ2) is 4.88. The zero-order chi connectivity index (χ0) is 14.3. The number of rotatable bonds is 5. The summed E-state index contributed by atoms with van der Waals surface area (Å²) in [6.07, 6.45) is 3.68. The van der Waals surface area contributed by atoms with Crippen molar-refractivity contribution in [2.24, 2.45) is 5.92 Å². The molecule has 0 unspecified atom stereocenters. The van der Waals surface area contributed by atoms with Gasteiger partial charge in [0.1, 0.15) is 10.6 Å². The van der Waals surface area contributed by atoms with Gasteiger partial charge in [-0.15, -0.1) is 11.3 Å². The Hall–Kier alpha value is -1.36. The van der Waals surface area contributed by atoms with Crippen molar-refractivity contribution in [3.8, 4) is 0 Å². The van der Waals surface area contributed by atoms with Crippen molar-refractivity contribution in [3.63, 3.8) is 0 Å². The van der Waals surface area contributed by atoms with E-state index in [9.17, 15) is 0 Å². The number of aromatic nitrogens is 2. The second-order valence-electron chi connectivity index (χ2n) is 6.05. The Balaban J connectivity index is 2.04. The lowest BCUT2D eigenvalue weighted by Crippen LogP contribution is -2.33. The molecule has 0 bridgehead atoms. The van der Waals surface area contributed by atoms with Gasteiger partial charge in [0.15, 0.2) is 0 Å². The van der Waals surface area contributed by atoms with E-state index in [4.69, 9.17) is 0 Å². The van der Waals surface area contributed by atoms with Gasteiger partial charge in [-0.1, -0.05) is 6.92 Å². The highest BCUT2D eigenvalue weighted by Gasteiger charge is 2.38. The van der Waals surface area contributed by atoms with Crippen LogP contribution >= 0.6 is 11.3 Å². The van der Waals surface area contributed by atoms with Gasteiger partial charge in [0.05, 0.1) is 5.39 Å². The van der Waals surface area contributed by atoms with E-state index in [0.717, 1.165) is 28.4 Å². The summed E-state index contributed by atoms with van der Waals surface area (Å²) in [4.78, 5) is 11.6. The van der Waals surface area contributed by atoms with E-state index in [1.165, 1.54) is 17.7 Å². The quantitative estimate of drug-likeness (QED) is 0.877. The Kier molecular flexibility index (Phi) is 3.32. The van der Waals surface area contributed by atoms with Crippen molar-refractivity contribution >= 4 is 33.3 Å². The minimum atomic E-state index is 0.0978. The predicted octanol–water partition coefficient (Wildman–Crippen LogP) is 3.90. The van der Waals surface area contributed by atoms with E-state index in [0.29, 0.717) is 5.95 Å². The number of aryl methyl sites for hydroxylation is 1. The lowest BCUT2D eigenvalue weighted by molar-refractivity contribution is 0.493. The van der Waals surface area contributed by atoms with E-state index in [-0.39, 0.29) is 5.54 Å². The molecular weight excluding hydrogens is 268 g/mol. The molecule has 0 aromatic carbocycles. The first-order valence-electron chi connectivity index (χ1n) is 7.30. The first-order chi connectivity index (χ1) is 9.53. The Morgan fingerprint density at radius 2 is 2.10 bits per heavy atom. The third-order valence-electron chi connectivity index (χ3n) is 4.05. The third kappa shape index (κ3) is 2.46. The molecule has 3 rings (SSSR count). The highest BCUT2D eigenvalue weighted by atomic mass is 32.1. The number of thiophene rings is 1. The molecule has 0 atom stereocenters. The normalized spacial score (nSPS) is 15.6. The first-order valence-corrected chi connectivity index (χ1v) is 8.11. The molecule has 0 amide bonds. The Morgan fingerprint density at radius 1 is 1.35 bits per heavy atom. The van der Waals surface area contributed by atoms with Crippen LogP contribution < -0.4 is 10.6 Å². The molecule has 1 aliphatic rings. The van der Waals surface area contributed by atoms with Gasteiger partial charge >= 0.3 is 0 Å². The maximum absolute atomic E-state index is 4.64. The van der Waals surface area contributed by atoms with Gasteiger partial charge in [-0.25, -0.2) is 4.98 Å². The van der Waals surface area contributed by atoms with Gasteiger partial charge in [-0.3, -0.25) is 0 Å². The monoisotopic (exact) mass is 290 g/mol. The van der Waals surface area contributed by atoms with Gasteiger partial charge in [0.25, 0.3) is 0 Å². The number of anilines is 2. The van der Waals surface area contributed by atoms with Crippen molar-refractivity contribution in [1.82, 2.24) is 9.97 Å². The molecule has 2 N–H and O–H groups in total. The van der Waals surface area contributed by atoms with Gasteiger partial charge in [0, 0.05) is 17.5 Å². The fraction of sp³-hybridized carbons (Fsp3) is 0.600. The van der Waals surface area contributed by atoms with Crippen LogP contribution in [-0.4, -0.2) is 22.6 Å². The van der Waals surface area contributed by atoms with Gasteiger partial charge in [-0.05, 0) is 45.1 Å². The van der Waals surface area contributed by atoms with E-state index in [2.05, 4.69) is 47.4 Å². The van der Waals surface area contributed by atoms with Crippen molar-refractivity contribution in [3.05, 3.63) is 10.9 Å². The first kappa shape index (κ1) is 13.6. The maximum Gasteiger partial charge on any atom is 0.225 e. The molecule has 1 fully saturated rings. The van der Waals surface area contributed by atoms with E-state index in [1.54, 1.807) is 11.3 Å². The van der Waals surface area contributed by atoms with Crippen LogP contribution in [0.3, 0.4) is 0 Å². The zero-order valence-corrected chi connectivity index (χ0v) is 13.4. The molecule has 4 nitrogen and oxygen atoms in total. The number of hydrogen-bond acceptors (Lipinski definition) is 5. The fourth-order valence-electron chi connectivity index (χ4n) is 2.56. The highest BCUT2D eigenvalue weighted by molar-refractivity contribution is 7.18. The largest absolute Gasteiger partial charge is 0.364 e. The topological polar surface area (TPSA) is 49.8 Å². The van der Waals surface area contributed by atoms with Gasteiger partial charge in [-0.2, -0.15) is 4.98 Å². The third-order valence-corrected chi connectivity index (χ3v) is 5.23. The summed E-state index contributed by atoms with van der Waals surface area (Å²) in [6, 6.07) is 2.23. The lowest BCUT2D eigenvalue weighted by atomic mass is 9.99. The molecule has 1 aliphatic carbocycles. The summed E-state index contributed by atoms with van der Waals surface area (Å²) in [5.41, 5.74) is 0.0978. The Morgan fingerprint density at radius 3 is 2.70 bits per heavy atom. The number of fused-ring (bicyclic) bond motifs is 1. The summed E-state index contributed by atoms with van der Waals surface area (Å²) in [5, 5.41) is 7.87. The molecule has 2 aromatic heterocycles. The molecule has 0 aliphatic heterocycles. The Labute approximate surface area is 124 Å². The summed E-state index contributed by atoms with van der Waals surface area (Å²) >= 11 is 1.76. The number of hydrogen-bond donors (Lipinski definition) is 2. The van der Waals surface area contributed by atoms with Crippen LogP contribution in [0.5, 0.6) is 0 Å². The van der Waals surface area contributed by atoms with Crippen LogP contribution in [0.15, 0.2) is 6.07 Å². The second-order valence-corrected chi connectivity index (χ2v) is 7.17. The average molecular weight is 290 g/mol. The maximum atomic E-state index is 4.64. The van der Waals surface area contributed by atoms with Crippen LogP contribution in [0.1, 0.15) is 38.5 Å². The van der Waals surface area contributed by atoms with E-state index in [1.807, 2.05) is 7.05 Å². The lowest BCUT2D eigenvalue weighted by Gasteiger charge is -2.27.